The topological polar surface area (TPSA) is 95.1 Å². The molecule has 0 aliphatic rings. The average Bonchev–Trinajstić information content (AvgIpc) is 2.99. The summed E-state index contributed by atoms with van der Waals surface area (Å²) in [7, 11) is 1.60. The van der Waals surface area contributed by atoms with Crippen LogP contribution >= 0.6 is 0 Å². The lowest BCUT2D eigenvalue weighted by molar-refractivity contribution is 0.0952. The van der Waals surface area contributed by atoms with E-state index in [1.54, 1.807) is 19.2 Å². The third-order valence-electron chi connectivity index (χ3n) is 4.59. The first-order valence-corrected chi connectivity index (χ1v) is 9.10. The number of nitrogen functional groups attached to an aromatic ring is 1. The molecule has 2 heterocycles. The van der Waals surface area contributed by atoms with Crippen molar-refractivity contribution in [2.24, 2.45) is 0 Å². The summed E-state index contributed by atoms with van der Waals surface area (Å²) in [6, 6.07) is 11.2. The van der Waals surface area contributed by atoms with Crippen molar-refractivity contribution >= 4 is 11.7 Å². The summed E-state index contributed by atoms with van der Waals surface area (Å²) < 4.78 is 7.21. The van der Waals surface area contributed by atoms with Crippen molar-refractivity contribution in [2.45, 2.75) is 27.3 Å². The maximum atomic E-state index is 12.4. The van der Waals surface area contributed by atoms with Crippen molar-refractivity contribution < 1.29 is 9.53 Å². The van der Waals surface area contributed by atoms with Crippen molar-refractivity contribution in [3.8, 4) is 16.9 Å². The molecule has 0 radical (unpaired) electrons. The number of aryl methyl sites for hydroxylation is 3. The highest BCUT2D eigenvalue weighted by atomic mass is 16.5. The van der Waals surface area contributed by atoms with Gasteiger partial charge in [0.05, 0.1) is 25.0 Å². The van der Waals surface area contributed by atoms with Crippen LogP contribution < -0.4 is 15.8 Å². The Bertz CT molecular complexity index is 993. The number of ether oxygens (including phenoxy) is 1. The van der Waals surface area contributed by atoms with Crippen molar-refractivity contribution in [2.75, 3.05) is 19.4 Å². The molecular weight excluding hydrogens is 354 g/mol. The van der Waals surface area contributed by atoms with Crippen LogP contribution in [0, 0.1) is 20.8 Å². The number of aromatic nitrogens is 3. The molecule has 7 nitrogen and oxygen atoms in total. The van der Waals surface area contributed by atoms with Gasteiger partial charge in [0.1, 0.15) is 11.6 Å². The van der Waals surface area contributed by atoms with Gasteiger partial charge < -0.3 is 15.8 Å². The molecule has 146 valence electrons. The highest BCUT2D eigenvalue weighted by molar-refractivity contribution is 5.94. The maximum Gasteiger partial charge on any atom is 0.251 e. The molecule has 28 heavy (non-hydrogen) atoms. The Morgan fingerprint density at radius 1 is 1.18 bits per heavy atom. The molecule has 3 N–H and O–H groups in total. The Morgan fingerprint density at radius 3 is 2.50 bits per heavy atom. The number of anilines is 1. The van der Waals surface area contributed by atoms with Gasteiger partial charge in [-0.05, 0) is 50.6 Å². The van der Waals surface area contributed by atoms with Crippen LogP contribution in [0.3, 0.4) is 0 Å². The van der Waals surface area contributed by atoms with E-state index >= 15 is 0 Å². The molecule has 0 aliphatic carbocycles. The van der Waals surface area contributed by atoms with E-state index in [4.69, 9.17) is 10.5 Å². The molecule has 1 aromatic carbocycles. The molecule has 0 spiro atoms. The molecule has 0 bridgehead atoms. The van der Waals surface area contributed by atoms with Gasteiger partial charge in [0.25, 0.3) is 5.91 Å². The van der Waals surface area contributed by atoms with Gasteiger partial charge in [-0.2, -0.15) is 5.10 Å². The second-order valence-electron chi connectivity index (χ2n) is 6.69. The van der Waals surface area contributed by atoms with Gasteiger partial charge >= 0.3 is 0 Å². The number of hydrogen-bond donors (Lipinski definition) is 2. The van der Waals surface area contributed by atoms with E-state index in [1.807, 2.05) is 49.7 Å². The molecule has 1 amide bonds. The van der Waals surface area contributed by atoms with Gasteiger partial charge in [0.2, 0.25) is 0 Å². The fourth-order valence-corrected chi connectivity index (χ4v) is 3.12. The Kier molecular flexibility index (Phi) is 5.63. The average molecular weight is 379 g/mol. The number of pyridine rings is 1. The summed E-state index contributed by atoms with van der Waals surface area (Å²) >= 11 is 0. The lowest BCUT2D eigenvalue weighted by Gasteiger charge is -2.11. The molecule has 0 saturated carbocycles. The highest BCUT2D eigenvalue weighted by Gasteiger charge is 2.11. The van der Waals surface area contributed by atoms with Crippen LogP contribution in [-0.4, -0.2) is 34.3 Å². The number of amides is 1. The van der Waals surface area contributed by atoms with E-state index in [-0.39, 0.29) is 5.91 Å². The van der Waals surface area contributed by atoms with Gasteiger partial charge in [-0.15, -0.1) is 0 Å². The molecule has 0 aliphatic heterocycles. The number of carbonyl (C=O) groups is 1. The lowest BCUT2D eigenvalue weighted by atomic mass is 10.0. The predicted molar refractivity (Wildman–Crippen MR) is 109 cm³/mol. The first-order chi connectivity index (χ1) is 13.4. The molecule has 0 fully saturated rings. The molecule has 0 atom stereocenters. The van der Waals surface area contributed by atoms with Crippen LogP contribution in [0.5, 0.6) is 5.75 Å². The summed E-state index contributed by atoms with van der Waals surface area (Å²) in [4.78, 5) is 16.7. The summed E-state index contributed by atoms with van der Waals surface area (Å²) in [6.45, 7) is 6.94. The number of nitrogens with one attached hydrogen (secondary N) is 1. The van der Waals surface area contributed by atoms with E-state index in [0.717, 1.165) is 28.2 Å². The number of nitrogens with zero attached hydrogens (tertiary/aromatic N) is 3. The van der Waals surface area contributed by atoms with Crippen molar-refractivity contribution in [1.29, 1.82) is 0 Å². The highest BCUT2D eigenvalue weighted by Crippen LogP contribution is 2.30. The van der Waals surface area contributed by atoms with Gasteiger partial charge in [-0.1, -0.05) is 12.1 Å². The number of rotatable bonds is 6. The number of carbonyl (C=O) groups excluding carboxylic acids is 1. The quantitative estimate of drug-likeness (QED) is 0.687. The van der Waals surface area contributed by atoms with Crippen LogP contribution in [0.4, 0.5) is 5.82 Å². The van der Waals surface area contributed by atoms with Gasteiger partial charge in [0.15, 0.2) is 0 Å². The standard InChI is InChI=1S/C21H25N5O2/c1-13-11-14(2)26(25-13)10-9-23-21(27)17-7-5-16(6-8-17)18-12-19(28-4)15(3)24-20(18)22/h5-8,11-12H,9-10H2,1-4H3,(H2,22,24)(H,23,27). The van der Waals surface area contributed by atoms with Crippen LogP contribution in [-0.2, 0) is 6.54 Å². The molecule has 3 rings (SSSR count). The molecule has 7 heteroatoms. The number of hydrogen-bond acceptors (Lipinski definition) is 5. The Morgan fingerprint density at radius 2 is 1.89 bits per heavy atom. The van der Waals surface area contributed by atoms with Crippen molar-refractivity contribution in [3.63, 3.8) is 0 Å². The van der Waals surface area contributed by atoms with Gasteiger partial charge in [0, 0.05) is 23.4 Å². The van der Waals surface area contributed by atoms with Crippen molar-refractivity contribution in [3.05, 3.63) is 59.0 Å². The van der Waals surface area contributed by atoms with Gasteiger partial charge in [-0.25, -0.2) is 4.98 Å². The van der Waals surface area contributed by atoms with E-state index in [0.29, 0.717) is 30.2 Å². The first kappa shape index (κ1) is 19.4. The summed E-state index contributed by atoms with van der Waals surface area (Å²) in [6.07, 6.45) is 0. The van der Waals surface area contributed by atoms with Crippen molar-refractivity contribution in [1.82, 2.24) is 20.1 Å². The normalized spacial score (nSPS) is 10.7. The predicted octanol–water partition coefficient (Wildman–Crippen LogP) is 2.89. The molecular formula is C21H25N5O2. The minimum atomic E-state index is -0.124. The third kappa shape index (κ3) is 4.14. The van der Waals surface area contributed by atoms with Crippen LogP contribution in [0.1, 0.15) is 27.4 Å². The molecule has 3 aromatic rings. The summed E-state index contributed by atoms with van der Waals surface area (Å²) in [5.74, 6) is 0.983. The molecule has 0 unspecified atom stereocenters. The summed E-state index contributed by atoms with van der Waals surface area (Å²) in [5.41, 5.74) is 11.1. The van der Waals surface area contributed by atoms with E-state index in [2.05, 4.69) is 15.4 Å². The minimum absolute atomic E-state index is 0.124. The zero-order valence-electron chi connectivity index (χ0n) is 16.6. The van der Waals surface area contributed by atoms with Crippen LogP contribution in [0.25, 0.3) is 11.1 Å². The number of nitrogens with two attached hydrogens (primary N) is 1. The fourth-order valence-electron chi connectivity index (χ4n) is 3.12. The largest absolute Gasteiger partial charge is 0.495 e. The molecule has 0 saturated heterocycles. The van der Waals surface area contributed by atoms with Crippen LogP contribution in [0.2, 0.25) is 0 Å². The number of benzene rings is 1. The first-order valence-electron chi connectivity index (χ1n) is 9.10. The summed E-state index contributed by atoms with van der Waals surface area (Å²) in [5, 5.41) is 7.31. The SMILES string of the molecule is COc1cc(-c2ccc(C(=O)NCCn3nc(C)cc3C)cc2)c(N)nc1C. The Labute approximate surface area is 164 Å². The van der Waals surface area contributed by atoms with Crippen LogP contribution in [0.15, 0.2) is 36.4 Å². The lowest BCUT2D eigenvalue weighted by Crippen LogP contribution is -2.27. The molecule has 2 aromatic heterocycles. The smallest absolute Gasteiger partial charge is 0.251 e. The monoisotopic (exact) mass is 379 g/mol. The van der Waals surface area contributed by atoms with E-state index < -0.39 is 0 Å². The zero-order valence-corrected chi connectivity index (χ0v) is 16.6. The van der Waals surface area contributed by atoms with E-state index in [1.165, 1.54) is 0 Å². The number of methoxy groups -OCH3 is 1. The Hall–Kier alpha value is -3.35. The zero-order chi connectivity index (χ0) is 20.3. The maximum absolute atomic E-state index is 12.4. The van der Waals surface area contributed by atoms with Gasteiger partial charge in [-0.3, -0.25) is 9.48 Å². The minimum Gasteiger partial charge on any atom is -0.495 e. The second kappa shape index (κ2) is 8.12. The van der Waals surface area contributed by atoms with E-state index in [9.17, 15) is 4.79 Å². The second-order valence-corrected chi connectivity index (χ2v) is 6.69. The fraction of sp³-hybridized carbons (Fsp3) is 0.286. The Balaban J connectivity index is 1.67. The third-order valence-corrected chi connectivity index (χ3v) is 4.59.